The molecule has 94 valence electrons. The van der Waals surface area contributed by atoms with Crippen LogP contribution in [0.2, 0.25) is 0 Å². The third-order valence-electron chi connectivity index (χ3n) is 2.29. The third kappa shape index (κ3) is 2.62. The van der Waals surface area contributed by atoms with E-state index in [1.807, 2.05) is 0 Å². The van der Waals surface area contributed by atoms with Gasteiger partial charge in [0.25, 0.3) is 5.56 Å². The van der Waals surface area contributed by atoms with E-state index in [2.05, 4.69) is 20.5 Å². The fourth-order valence-corrected chi connectivity index (χ4v) is 1.51. The molecule has 2 aromatic rings. The van der Waals surface area contributed by atoms with Gasteiger partial charge in [0.05, 0.1) is 11.9 Å². The molecule has 0 spiro atoms. The van der Waals surface area contributed by atoms with Crippen molar-refractivity contribution >= 4 is 22.6 Å². The summed E-state index contributed by atoms with van der Waals surface area (Å²) < 4.78 is 4.79. The number of fused-ring (bicyclic) bond motifs is 1. The Labute approximate surface area is 102 Å². The van der Waals surface area contributed by atoms with E-state index in [-0.39, 0.29) is 18.1 Å². The van der Waals surface area contributed by atoms with Crippen molar-refractivity contribution in [2.45, 2.75) is 6.92 Å². The number of pyridine rings is 1. The van der Waals surface area contributed by atoms with Crippen LogP contribution in [0, 0.1) is 0 Å². The second kappa shape index (κ2) is 5.26. The summed E-state index contributed by atoms with van der Waals surface area (Å²) in [7, 11) is 0. The van der Waals surface area contributed by atoms with E-state index >= 15 is 0 Å². The predicted octanol–water partition coefficient (Wildman–Crippen LogP) is 0.293. The molecule has 2 heterocycles. The average Bonchev–Trinajstić information content (AvgIpc) is 2.37. The van der Waals surface area contributed by atoms with Gasteiger partial charge in [-0.2, -0.15) is 5.10 Å². The highest BCUT2D eigenvalue weighted by molar-refractivity contribution is 5.89. The number of carbonyl (C=O) groups excluding carboxylic acids is 1. The zero-order valence-electron chi connectivity index (χ0n) is 9.77. The van der Waals surface area contributed by atoms with Crippen LogP contribution in [0.1, 0.15) is 6.92 Å². The summed E-state index contributed by atoms with van der Waals surface area (Å²) in [6, 6.07) is 1.70. The molecule has 2 rings (SSSR count). The normalized spacial score (nSPS) is 10.3. The number of hydrogen-bond acceptors (Lipinski definition) is 6. The van der Waals surface area contributed by atoms with Gasteiger partial charge in [-0.25, -0.2) is 5.10 Å². The third-order valence-corrected chi connectivity index (χ3v) is 2.29. The molecule has 0 radical (unpaired) electrons. The molecule has 0 unspecified atom stereocenters. The quantitative estimate of drug-likeness (QED) is 0.596. The van der Waals surface area contributed by atoms with Crippen molar-refractivity contribution in [3.05, 3.63) is 28.8 Å². The Morgan fingerprint density at radius 1 is 1.50 bits per heavy atom. The Morgan fingerprint density at radius 2 is 2.33 bits per heavy atom. The lowest BCUT2D eigenvalue weighted by atomic mass is 10.2. The minimum absolute atomic E-state index is 0.239. The number of nitrogens with zero attached hydrogens (tertiary/aromatic N) is 2. The van der Waals surface area contributed by atoms with Gasteiger partial charge >= 0.3 is 5.97 Å². The lowest BCUT2D eigenvalue weighted by Crippen LogP contribution is -2.16. The van der Waals surface area contributed by atoms with Crippen LogP contribution in [-0.2, 0) is 9.53 Å². The molecule has 2 N–H and O–H groups in total. The monoisotopic (exact) mass is 248 g/mol. The van der Waals surface area contributed by atoms with E-state index < -0.39 is 0 Å². The van der Waals surface area contributed by atoms with E-state index in [1.165, 1.54) is 13.1 Å². The molecule has 0 aliphatic rings. The number of carbonyl (C=O) groups is 1. The summed E-state index contributed by atoms with van der Waals surface area (Å²) in [4.78, 5) is 26.0. The molecule has 0 aliphatic carbocycles. The zero-order chi connectivity index (χ0) is 13.0. The summed E-state index contributed by atoms with van der Waals surface area (Å²) in [5.41, 5.74) is -0.288. The van der Waals surface area contributed by atoms with Gasteiger partial charge in [0.15, 0.2) is 5.82 Å². The lowest BCUT2D eigenvalue weighted by Gasteiger charge is -2.07. The second-order valence-corrected chi connectivity index (χ2v) is 3.59. The Kier molecular flexibility index (Phi) is 3.52. The summed E-state index contributed by atoms with van der Waals surface area (Å²) in [5, 5.41) is 10.4. The van der Waals surface area contributed by atoms with E-state index in [1.54, 1.807) is 12.3 Å². The van der Waals surface area contributed by atoms with Crippen LogP contribution >= 0.6 is 0 Å². The van der Waals surface area contributed by atoms with Crippen LogP contribution in [0.15, 0.2) is 23.3 Å². The molecule has 0 saturated carbocycles. The van der Waals surface area contributed by atoms with Crippen molar-refractivity contribution in [3.8, 4) is 0 Å². The standard InChI is InChI=1S/C11H12N4O3/c1-7(16)18-5-4-13-10-8-2-3-12-6-9(8)11(17)15-14-10/h2-3,6H,4-5H2,1H3,(H,13,14)(H,15,17). The molecule has 7 heteroatoms. The number of H-pyrrole nitrogens is 1. The van der Waals surface area contributed by atoms with Crippen LogP contribution in [-0.4, -0.2) is 34.3 Å². The molecule has 0 fully saturated rings. The smallest absolute Gasteiger partial charge is 0.302 e. The fourth-order valence-electron chi connectivity index (χ4n) is 1.51. The zero-order valence-corrected chi connectivity index (χ0v) is 9.77. The maximum atomic E-state index is 11.5. The van der Waals surface area contributed by atoms with Crippen LogP contribution in [0.25, 0.3) is 10.8 Å². The number of aromatic nitrogens is 3. The molecular weight excluding hydrogens is 236 g/mol. The van der Waals surface area contributed by atoms with Crippen molar-refractivity contribution in [1.82, 2.24) is 15.2 Å². The van der Waals surface area contributed by atoms with Gasteiger partial charge in [0, 0.05) is 24.7 Å². The number of rotatable bonds is 4. The summed E-state index contributed by atoms with van der Waals surface area (Å²) in [6.45, 7) is 2.00. The number of ether oxygens (including phenoxy) is 1. The topological polar surface area (TPSA) is 97.0 Å². The number of hydrogen-bond donors (Lipinski definition) is 2. The van der Waals surface area contributed by atoms with Crippen molar-refractivity contribution < 1.29 is 9.53 Å². The minimum atomic E-state index is -0.333. The van der Waals surface area contributed by atoms with E-state index in [4.69, 9.17) is 4.74 Å². The van der Waals surface area contributed by atoms with Crippen molar-refractivity contribution in [1.29, 1.82) is 0 Å². The molecule has 0 amide bonds. The van der Waals surface area contributed by atoms with Gasteiger partial charge in [0.2, 0.25) is 0 Å². The molecule has 0 saturated heterocycles. The van der Waals surface area contributed by atoms with Gasteiger partial charge in [-0.15, -0.1) is 0 Å². The van der Waals surface area contributed by atoms with Crippen molar-refractivity contribution in [2.75, 3.05) is 18.5 Å². The number of anilines is 1. The lowest BCUT2D eigenvalue weighted by molar-refractivity contribution is -0.140. The highest BCUT2D eigenvalue weighted by atomic mass is 16.5. The molecular formula is C11H12N4O3. The average molecular weight is 248 g/mol. The van der Waals surface area contributed by atoms with E-state index in [0.29, 0.717) is 23.1 Å². The molecule has 0 bridgehead atoms. The Balaban J connectivity index is 2.16. The van der Waals surface area contributed by atoms with Gasteiger partial charge < -0.3 is 10.1 Å². The molecule has 7 nitrogen and oxygen atoms in total. The van der Waals surface area contributed by atoms with Crippen molar-refractivity contribution in [2.24, 2.45) is 0 Å². The molecule has 0 aromatic carbocycles. The summed E-state index contributed by atoms with van der Waals surface area (Å²) in [6.07, 6.45) is 3.06. The Bertz CT molecular complexity index is 623. The Hall–Kier alpha value is -2.44. The Morgan fingerprint density at radius 3 is 3.11 bits per heavy atom. The molecule has 18 heavy (non-hydrogen) atoms. The van der Waals surface area contributed by atoms with Crippen molar-refractivity contribution in [3.63, 3.8) is 0 Å². The predicted molar refractivity (Wildman–Crippen MR) is 65.3 cm³/mol. The maximum Gasteiger partial charge on any atom is 0.302 e. The van der Waals surface area contributed by atoms with Gasteiger partial charge in [0.1, 0.15) is 6.61 Å². The first-order chi connectivity index (χ1) is 8.68. The van der Waals surface area contributed by atoms with Crippen LogP contribution in [0.5, 0.6) is 0 Å². The van der Waals surface area contributed by atoms with Gasteiger partial charge in [-0.3, -0.25) is 14.6 Å². The highest BCUT2D eigenvalue weighted by Gasteiger charge is 2.05. The summed E-state index contributed by atoms with van der Waals surface area (Å²) in [5.74, 6) is 0.194. The number of esters is 1. The van der Waals surface area contributed by atoms with E-state index in [0.717, 1.165) is 0 Å². The fraction of sp³-hybridized carbons (Fsp3) is 0.273. The van der Waals surface area contributed by atoms with E-state index in [9.17, 15) is 9.59 Å². The molecule has 2 aromatic heterocycles. The maximum absolute atomic E-state index is 11.5. The summed E-state index contributed by atoms with van der Waals surface area (Å²) >= 11 is 0. The largest absolute Gasteiger partial charge is 0.464 e. The highest BCUT2D eigenvalue weighted by Crippen LogP contribution is 2.15. The van der Waals surface area contributed by atoms with Crippen LogP contribution in [0.4, 0.5) is 5.82 Å². The van der Waals surface area contributed by atoms with Crippen LogP contribution < -0.4 is 10.9 Å². The number of aromatic amines is 1. The minimum Gasteiger partial charge on any atom is -0.464 e. The number of nitrogens with one attached hydrogen (secondary N) is 2. The second-order valence-electron chi connectivity index (χ2n) is 3.59. The first-order valence-corrected chi connectivity index (χ1v) is 5.38. The van der Waals surface area contributed by atoms with Gasteiger partial charge in [-0.1, -0.05) is 0 Å². The first-order valence-electron chi connectivity index (χ1n) is 5.38. The SMILES string of the molecule is CC(=O)OCCNc1n[nH]c(=O)c2cnccc12. The van der Waals surface area contributed by atoms with Gasteiger partial charge in [-0.05, 0) is 6.07 Å². The van der Waals surface area contributed by atoms with Crippen LogP contribution in [0.3, 0.4) is 0 Å². The molecule has 0 aliphatic heterocycles. The first kappa shape index (κ1) is 12.0. The molecule has 0 atom stereocenters.